The fourth-order valence-electron chi connectivity index (χ4n) is 3.54. The number of nitrogens with two attached hydrogens (primary N) is 1. The van der Waals surface area contributed by atoms with E-state index < -0.39 is 23.9 Å². The normalized spacial score (nSPS) is 12.9. The standard InChI is InChI=1S/C25H18N2O6/c1-13(33-25(32)15-11-9-14(10-12-15)23(26)30)24(31)27-19-8-4-7-18-20(19)22(29)17-6-3-2-5-16(17)21(18)28/h2-13H,1H3,(H2,26,30)(H,27,31). The molecule has 4 rings (SSSR count). The number of rotatable bonds is 5. The van der Waals surface area contributed by atoms with Gasteiger partial charge < -0.3 is 15.8 Å². The number of ketones is 2. The molecule has 2 amide bonds. The van der Waals surface area contributed by atoms with Gasteiger partial charge in [-0.3, -0.25) is 19.2 Å². The number of esters is 1. The van der Waals surface area contributed by atoms with Gasteiger partial charge in [-0.25, -0.2) is 4.79 Å². The molecule has 33 heavy (non-hydrogen) atoms. The number of hydrogen-bond acceptors (Lipinski definition) is 6. The lowest BCUT2D eigenvalue weighted by atomic mass is 9.83. The van der Waals surface area contributed by atoms with Crippen LogP contribution in [-0.4, -0.2) is 35.5 Å². The fraction of sp³-hybridized carbons (Fsp3) is 0.0800. The number of carbonyl (C=O) groups is 5. The molecule has 8 heteroatoms. The topological polar surface area (TPSA) is 133 Å². The molecule has 0 aliphatic heterocycles. The Morgan fingerprint density at radius 2 is 1.36 bits per heavy atom. The van der Waals surface area contributed by atoms with Crippen molar-refractivity contribution < 1.29 is 28.7 Å². The predicted molar refractivity (Wildman–Crippen MR) is 118 cm³/mol. The zero-order valence-electron chi connectivity index (χ0n) is 17.5. The summed E-state index contributed by atoms with van der Waals surface area (Å²) in [5.74, 6) is -2.77. The lowest BCUT2D eigenvalue weighted by Gasteiger charge is -2.21. The molecule has 0 saturated heterocycles. The fourth-order valence-corrected chi connectivity index (χ4v) is 3.54. The summed E-state index contributed by atoms with van der Waals surface area (Å²) in [6.07, 6.45) is -1.20. The first-order chi connectivity index (χ1) is 15.8. The van der Waals surface area contributed by atoms with E-state index >= 15 is 0 Å². The first kappa shape index (κ1) is 21.6. The SMILES string of the molecule is CC(OC(=O)c1ccc(C(N)=O)cc1)C(=O)Nc1cccc2c1C(=O)c1ccccc1C2=O. The van der Waals surface area contributed by atoms with Crippen molar-refractivity contribution in [2.75, 3.05) is 5.32 Å². The second kappa shape index (κ2) is 8.51. The van der Waals surface area contributed by atoms with Gasteiger partial charge in [0.05, 0.1) is 16.8 Å². The Hall–Kier alpha value is -4.59. The van der Waals surface area contributed by atoms with Crippen LogP contribution in [0.3, 0.4) is 0 Å². The minimum absolute atomic E-state index is 0.0927. The van der Waals surface area contributed by atoms with Crippen LogP contribution in [0.2, 0.25) is 0 Å². The maximum absolute atomic E-state index is 13.0. The van der Waals surface area contributed by atoms with Gasteiger partial charge in [0, 0.05) is 22.3 Å². The van der Waals surface area contributed by atoms with Crippen LogP contribution in [0.15, 0.2) is 66.7 Å². The van der Waals surface area contributed by atoms with E-state index in [2.05, 4.69) is 5.32 Å². The molecule has 0 bridgehead atoms. The molecule has 8 nitrogen and oxygen atoms in total. The minimum atomic E-state index is -1.20. The number of ether oxygens (including phenoxy) is 1. The van der Waals surface area contributed by atoms with Crippen molar-refractivity contribution in [3.05, 3.63) is 100 Å². The Balaban J connectivity index is 1.52. The van der Waals surface area contributed by atoms with Gasteiger partial charge >= 0.3 is 5.97 Å². The van der Waals surface area contributed by atoms with E-state index in [-0.39, 0.29) is 45.1 Å². The molecule has 3 aromatic rings. The number of carbonyl (C=O) groups excluding carboxylic acids is 5. The molecule has 0 radical (unpaired) electrons. The van der Waals surface area contributed by atoms with Crippen molar-refractivity contribution in [2.45, 2.75) is 13.0 Å². The van der Waals surface area contributed by atoms with Crippen molar-refractivity contribution >= 4 is 35.0 Å². The zero-order chi connectivity index (χ0) is 23.7. The molecule has 1 atom stereocenters. The Labute approximate surface area is 188 Å². The summed E-state index contributed by atoms with van der Waals surface area (Å²) < 4.78 is 5.20. The molecule has 3 N–H and O–H groups in total. The lowest BCUT2D eigenvalue weighted by Crippen LogP contribution is -2.31. The summed E-state index contributed by atoms with van der Waals surface area (Å²) in [5, 5.41) is 2.58. The third-order valence-corrected chi connectivity index (χ3v) is 5.27. The smallest absolute Gasteiger partial charge is 0.338 e. The third-order valence-electron chi connectivity index (χ3n) is 5.27. The first-order valence-electron chi connectivity index (χ1n) is 10.0. The van der Waals surface area contributed by atoms with Crippen molar-refractivity contribution in [1.29, 1.82) is 0 Å². The molecular formula is C25H18N2O6. The van der Waals surface area contributed by atoms with E-state index in [0.29, 0.717) is 5.56 Å². The first-order valence-corrected chi connectivity index (χ1v) is 10.0. The van der Waals surface area contributed by atoms with Crippen LogP contribution in [0, 0.1) is 0 Å². The summed E-state index contributed by atoms with van der Waals surface area (Å²) in [6.45, 7) is 1.38. The predicted octanol–water partition coefficient (Wildman–Crippen LogP) is 2.74. The number of anilines is 1. The molecule has 0 aromatic heterocycles. The quantitative estimate of drug-likeness (QED) is 0.457. The van der Waals surface area contributed by atoms with Crippen LogP contribution in [0.4, 0.5) is 5.69 Å². The summed E-state index contributed by atoms with van der Waals surface area (Å²) in [6, 6.07) is 16.6. The highest BCUT2D eigenvalue weighted by molar-refractivity contribution is 6.30. The van der Waals surface area contributed by atoms with E-state index in [0.717, 1.165) is 0 Å². The van der Waals surface area contributed by atoms with Crippen LogP contribution in [-0.2, 0) is 9.53 Å². The van der Waals surface area contributed by atoms with Crippen molar-refractivity contribution in [3.8, 4) is 0 Å². The Morgan fingerprint density at radius 3 is 2.00 bits per heavy atom. The summed E-state index contributed by atoms with van der Waals surface area (Å²) in [4.78, 5) is 62.1. The molecule has 0 saturated carbocycles. The average Bonchev–Trinajstić information content (AvgIpc) is 2.82. The van der Waals surface area contributed by atoms with E-state index in [1.54, 1.807) is 30.3 Å². The van der Waals surface area contributed by atoms with Crippen LogP contribution in [0.1, 0.15) is 59.5 Å². The maximum Gasteiger partial charge on any atom is 0.338 e. The average molecular weight is 442 g/mol. The highest BCUT2D eigenvalue weighted by atomic mass is 16.5. The van der Waals surface area contributed by atoms with Crippen LogP contribution >= 0.6 is 0 Å². The van der Waals surface area contributed by atoms with Crippen molar-refractivity contribution in [2.24, 2.45) is 5.73 Å². The maximum atomic E-state index is 13.0. The van der Waals surface area contributed by atoms with Gasteiger partial charge in [0.1, 0.15) is 0 Å². The van der Waals surface area contributed by atoms with E-state index in [1.165, 1.54) is 43.3 Å². The monoisotopic (exact) mass is 442 g/mol. The zero-order valence-corrected chi connectivity index (χ0v) is 17.5. The van der Waals surface area contributed by atoms with E-state index in [4.69, 9.17) is 10.5 Å². The van der Waals surface area contributed by atoms with Crippen LogP contribution in [0.25, 0.3) is 0 Å². The number of fused-ring (bicyclic) bond motifs is 2. The van der Waals surface area contributed by atoms with Gasteiger partial charge in [-0.15, -0.1) is 0 Å². The van der Waals surface area contributed by atoms with Crippen LogP contribution < -0.4 is 11.1 Å². The van der Waals surface area contributed by atoms with Crippen LogP contribution in [0.5, 0.6) is 0 Å². The van der Waals surface area contributed by atoms with E-state index in [9.17, 15) is 24.0 Å². The Bertz CT molecular complexity index is 1330. The Kier molecular flexibility index (Phi) is 5.58. The van der Waals surface area contributed by atoms with Gasteiger partial charge in [-0.1, -0.05) is 36.4 Å². The third kappa shape index (κ3) is 4.01. The highest BCUT2D eigenvalue weighted by Crippen LogP contribution is 2.32. The molecule has 0 spiro atoms. The van der Waals surface area contributed by atoms with Gasteiger partial charge in [0.2, 0.25) is 5.91 Å². The molecule has 1 aliphatic carbocycles. The Morgan fingerprint density at radius 1 is 0.788 bits per heavy atom. The second-order valence-corrected chi connectivity index (χ2v) is 7.41. The summed E-state index contributed by atoms with van der Waals surface area (Å²) in [7, 11) is 0. The largest absolute Gasteiger partial charge is 0.449 e. The minimum Gasteiger partial charge on any atom is -0.449 e. The van der Waals surface area contributed by atoms with Crippen molar-refractivity contribution in [3.63, 3.8) is 0 Å². The molecule has 164 valence electrons. The molecule has 0 fully saturated rings. The number of nitrogens with one attached hydrogen (secondary N) is 1. The molecule has 1 aliphatic rings. The lowest BCUT2D eigenvalue weighted by molar-refractivity contribution is -0.123. The van der Waals surface area contributed by atoms with Crippen molar-refractivity contribution in [1.82, 2.24) is 0 Å². The molecule has 0 heterocycles. The van der Waals surface area contributed by atoms with E-state index in [1.807, 2.05) is 0 Å². The second-order valence-electron chi connectivity index (χ2n) is 7.41. The number of hydrogen-bond donors (Lipinski definition) is 2. The number of primary amides is 1. The highest BCUT2D eigenvalue weighted by Gasteiger charge is 2.32. The molecule has 3 aromatic carbocycles. The summed E-state index contributed by atoms with van der Waals surface area (Å²) in [5.41, 5.74) is 6.54. The van der Waals surface area contributed by atoms with Gasteiger partial charge in [-0.05, 0) is 37.3 Å². The molecule has 1 unspecified atom stereocenters. The number of benzene rings is 3. The van der Waals surface area contributed by atoms with Gasteiger partial charge in [0.15, 0.2) is 17.7 Å². The van der Waals surface area contributed by atoms with Gasteiger partial charge in [0.25, 0.3) is 5.91 Å². The number of amides is 2. The summed E-state index contributed by atoms with van der Waals surface area (Å²) >= 11 is 0. The molecular weight excluding hydrogens is 424 g/mol. The van der Waals surface area contributed by atoms with Gasteiger partial charge in [-0.2, -0.15) is 0 Å².